The first-order valence-corrected chi connectivity index (χ1v) is 5.55. The molecule has 0 aromatic heterocycles. The van der Waals surface area contributed by atoms with E-state index in [0.717, 1.165) is 13.2 Å². The molecule has 0 saturated carbocycles. The SMILES string of the molecule is COC(=O)Cc1c(C(F)(F)F)ccc(Br)c1Cl. The first-order valence-electron chi connectivity index (χ1n) is 4.38. The fourth-order valence-electron chi connectivity index (χ4n) is 1.25. The summed E-state index contributed by atoms with van der Waals surface area (Å²) < 4.78 is 42.7. The molecule has 0 bridgehead atoms. The van der Waals surface area contributed by atoms with Crippen LogP contribution in [0.4, 0.5) is 13.2 Å². The van der Waals surface area contributed by atoms with Crippen LogP contribution in [0.2, 0.25) is 5.02 Å². The molecule has 1 rings (SSSR count). The van der Waals surface area contributed by atoms with E-state index in [1.165, 1.54) is 6.07 Å². The predicted molar refractivity (Wildman–Crippen MR) is 59.9 cm³/mol. The zero-order valence-corrected chi connectivity index (χ0v) is 10.9. The van der Waals surface area contributed by atoms with Gasteiger partial charge in [0.05, 0.1) is 24.1 Å². The Morgan fingerprint density at radius 1 is 1.47 bits per heavy atom. The maximum absolute atomic E-state index is 12.7. The van der Waals surface area contributed by atoms with Gasteiger partial charge in [0, 0.05) is 4.47 Å². The predicted octanol–water partition coefficient (Wildman–Crippen LogP) is 3.84. The highest BCUT2D eigenvalue weighted by Gasteiger charge is 2.35. The minimum absolute atomic E-state index is 0.134. The molecule has 17 heavy (non-hydrogen) atoms. The molecule has 0 fully saturated rings. The number of rotatable bonds is 2. The summed E-state index contributed by atoms with van der Waals surface area (Å²) >= 11 is 8.76. The third-order valence-corrected chi connectivity index (χ3v) is 3.37. The van der Waals surface area contributed by atoms with Crippen molar-refractivity contribution in [1.82, 2.24) is 0 Å². The summed E-state index contributed by atoms with van der Waals surface area (Å²) in [5.74, 6) is -0.782. The molecule has 1 aromatic carbocycles. The molecule has 0 radical (unpaired) electrons. The van der Waals surface area contributed by atoms with Gasteiger partial charge in [-0.25, -0.2) is 0 Å². The van der Waals surface area contributed by atoms with Crippen molar-refractivity contribution in [2.75, 3.05) is 7.11 Å². The summed E-state index contributed by atoms with van der Waals surface area (Å²) in [6.07, 6.45) is -5.09. The molecule has 0 amide bonds. The van der Waals surface area contributed by atoms with Crippen molar-refractivity contribution in [3.05, 3.63) is 32.8 Å². The van der Waals surface area contributed by atoms with Crippen molar-refractivity contribution in [3.8, 4) is 0 Å². The normalized spacial score (nSPS) is 11.4. The van der Waals surface area contributed by atoms with Crippen LogP contribution >= 0.6 is 27.5 Å². The second-order valence-corrected chi connectivity index (χ2v) is 4.37. The molecular weight excluding hydrogens is 324 g/mol. The molecule has 0 N–H and O–H groups in total. The quantitative estimate of drug-likeness (QED) is 0.770. The molecule has 0 atom stereocenters. The first kappa shape index (κ1) is 14.3. The molecule has 0 aliphatic carbocycles. The number of methoxy groups -OCH3 is 1. The molecule has 0 unspecified atom stereocenters. The van der Waals surface area contributed by atoms with Crippen LogP contribution < -0.4 is 0 Å². The number of benzene rings is 1. The number of hydrogen-bond acceptors (Lipinski definition) is 2. The lowest BCUT2D eigenvalue weighted by molar-refractivity contribution is -0.141. The van der Waals surface area contributed by atoms with Crippen molar-refractivity contribution < 1.29 is 22.7 Å². The average molecular weight is 332 g/mol. The maximum Gasteiger partial charge on any atom is 0.416 e. The Hall–Kier alpha value is -0.750. The minimum atomic E-state index is -4.56. The van der Waals surface area contributed by atoms with Gasteiger partial charge >= 0.3 is 12.1 Å². The third-order valence-electron chi connectivity index (χ3n) is 2.05. The number of carbonyl (C=O) groups excluding carboxylic acids is 1. The molecule has 0 aliphatic rings. The summed E-state index contributed by atoms with van der Waals surface area (Å²) in [6, 6.07) is 2.06. The summed E-state index contributed by atoms with van der Waals surface area (Å²) in [5, 5.41) is -0.134. The van der Waals surface area contributed by atoms with Crippen LogP contribution in [-0.4, -0.2) is 13.1 Å². The lowest BCUT2D eigenvalue weighted by Gasteiger charge is -2.14. The molecule has 0 saturated heterocycles. The van der Waals surface area contributed by atoms with Gasteiger partial charge in [-0.2, -0.15) is 13.2 Å². The number of alkyl halides is 3. The first-order chi connectivity index (χ1) is 7.77. The van der Waals surface area contributed by atoms with E-state index in [4.69, 9.17) is 11.6 Å². The molecule has 1 aromatic rings. The Morgan fingerprint density at radius 3 is 2.53 bits per heavy atom. The number of ether oxygens (including phenoxy) is 1. The van der Waals surface area contributed by atoms with E-state index in [0.29, 0.717) is 4.47 Å². The van der Waals surface area contributed by atoms with Crippen molar-refractivity contribution >= 4 is 33.5 Å². The highest BCUT2D eigenvalue weighted by atomic mass is 79.9. The second kappa shape index (κ2) is 5.27. The Balaban J connectivity index is 3.32. The van der Waals surface area contributed by atoms with E-state index in [1.54, 1.807) is 0 Å². The summed E-state index contributed by atoms with van der Waals surface area (Å²) in [5.41, 5.74) is -1.23. The molecule has 2 nitrogen and oxygen atoms in total. The number of hydrogen-bond donors (Lipinski definition) is 0. The summed E-state index contributed by atoms with van der Waals surface area (Å²) in [4.78, 5) is 11.1. The van der Waals surface area contributed by atoms with Gasteiger partial charge in [-0.15, -0.1) is 0 Å². The van der Waals surface area contributed by atoms with E-state index >= 15 is 0 Å². The molecule has 0 aliphatic heterocycles. The van der Waals surface area contributed by atoms with Crippen molar-refractivity contribution in [3.63, 3.8) is 0 Å². The summed E-state index contributed by atoms with van der Waals surface area (Å²) in [6.45, 7) is 0. The van der Waals surface area contributed by atoms with Gasteiger partial charge in [0.15, 0.2) is 0 Å². The van der Waals surface area contributed by atoms with E-state index in [-0.39, 0.29) is 10.6 Å². The van der Waals surface area contributed by atoms with Crippen LogP contribution in [-0.2, 0) is 22.1 Å². The highest BCUT2D eigenvalue weighted by molar-refractivity contribution is 9.10. The Bertz CT molecular complexity index is 446. The largest absolute Gasteiger partial charge is 0.469 e. The van der Waals surface area contributed by atoms with Crippen LogP contribution in [0.3, 0.4) is 0 Å². The lowest BCUT2D eigenvalue weighted by atomic mass is 10.0. The number of halogens is 5. The van der Waals surface area contributed by atoms with Crippen LogP contribution in [0.25, 0.3) is 0 Å². The minimum Gasteiger partial charge on any atom is -0.469 e. The number of esters is 1. The van der Waals surface area contributed by atoms with Crippen molar-refractivity contribution in [2.45, 2.75) is 12.6 Å². The topological polar surface area (TPSA) is 26.3 Å². The molecule has 0 spiro atoms. The van der Waals surface area contributed by atoms with E-state index in [9.17, 15) is 18.0 Å². The Kier molecular flexibility index (Phi) is 4.43. The molecule has 94 valence electrons. The third kappa shape index (κ3) is 3.35. The maximum atomic E-state index is 12.7. The van der Waals surface area contributed by atoms with E-state index < -0.39 is 24.1 Å². The van der Waals surface area contributed by atoms with Gasteiger partial charge in [-0.05, 0) is 33.6 Å². The highest BCUT2D eigenvalue weighted by Crippen LogP contribution is 2.38. The molecule has 0 heterocycles. The Morgan fingerprint density at radius 2 is 2.06 bits per heavy atom. The average Bonchev–Trinajstić information content (AvgIpc) is 2.22. The monoisotopic (exact) mass is 330 g/mol. The van der Waals surface area contributed by atoms with Crippen LogP contribution in [0.15, 0.2) is 16.6 Å². The van der Waals surface area contributed by atoms with E-state index in [1.807, 2.05) is 0 Å². The van der Waals surface area contributed by atoms with Gasteiger partial charge in [0.25, 0.3) is 0 Å². The van der Waals surface area contributed by atoms with Gasteiger partial charge in [-0.3, -0.25) is 4.79 Å². The van der Waals surface area contributed by atoms with Gasteiger partial charge in [0.1, 0.15) is 0 Å². The zero-order chi connectivity index (χ0) is 13.2. The smallest absolute Gasteiger partial charge is 0.416 e. The molecule has 7 heteroatoms. The number of carbonyl (C=O) groups is 1. The molecular formula is C10H7BrClF3O2. The summed E-state index contributed by atoms with van der Waals surface area (Å²) in [7, 11) is 1.10. The Labute approximate surface area is 109 Å². The van der Waals surface area contributed by atoms with Crippen LogP contribution in [0.5, 0.6) is 0 Å². The van der Waals surface area contributed by atoms with Crippen molar-refractivity contribution in [2.24, 2.45) is 0 Å². The zero-order valence-electron chi connectivity index (χ0n) is 8.57. The second-order valence-electron chi connectivity index (χ2n) is 3.14. The van der Waals surface area contributed by atoms with Crippen LogP contribution in [0, 0.1) is 0 Å². The van der Waals surface area contributed by atoms with Gasteiger partial charge in [-0.1, -0.05) is 11.6 Å². The van der Waals surface area contributed by atoms with Crippen LogP contribution in [0.1, 0.15) is 11.1 Å². The fourth-order valence-corrected chi connectivity index (χ4v) is 1.85. The van der Waals surface area contributed by atoms with Crippen molar-refractivity contribution in [1.29, 1.82) is 0 Å². The fraction of sp³-hybridized carbons (Fsp3) is 0.300. The van der Waals surface area contributed by atoms with E-state index in [2.05, 4.69) is 20.7 Å². The standard InChI is InChI=1S/C10H7BrClF3O2/c1-17-8(16)4-5-6(10(13,14)15)2-3-7(11)9(5)12/h2-3H,4H2,1H3. The lowest BCUT2D eigenvalue weighted by Crippen LogP contribution is -2.14. The van der Waals surface area contributed by atoms with Gasteiger partial charge in [0.2, 0.25) is 0 Å². The van der Waals surface area contributed by atoms with Gasteiger partial charge < -0.3 is 4.74 Å².